The van der Waals surface area contributed by atoms with Crippen LogP contribution >= 0.6 is 0 Å². The molecule has 3 aromatic rings. The van der Waals surface area contributed by atoms with Gasteiger partial charge in [0.1, 0.15) is 12.4 Å². The number of amidine groups is 1. The number of aliphatic imine (C=N–C) groups is 1. The topological polar surface area (TPSA) is 127 Å². The third-order valence-corrected chi connectivity index (χ3v) is 6.30. The lowest BCUT2D eigenvalue weighted by atomic mass is 10.0. The average molecular weight is 484 g/mol. The summed E-state index contributed by atoms with van der Waals surface area (Å²) in [4.78, 5) is 28.4. The molecular formula is C28H29N5O3. The van der Waals surface area contributed by atoms with Crippen LogP contribution in [0.3, 0.4) is 0 Å². The SMILES string of the molecule is NC1=Nc2cc(-c3cncc(CO)c3)ccc2C=C(C(=O)N(CC2CC2)OCc2ccc(N)cc2)C1. The number of benzene rings is 2. The van der Waals surface area contributed by atoms with Crippen molar-refractivity contribution in [1.82, 2.24) is 10.0 Å². The van der Waals surface area contributed by atoms with E-state index in [4.69, 9.17) is 16.3 Å². The van der Waals surface area contributed by atoms with E-state index in [1.54, 1.807) is 12.4 Å². The average Bonchev–Trinajstić information content (AvgIpc) is 3.73. The lowest BCUT2D eigenvalue weighted by molar-refractivity contribution is -0.188. The molecule has 5 rings (SSSR count). The number of hydrogen-bond donors (Lipinski definition) is 3. The van der Waals surface area contributed by atoms with Crippen LogP contribution in [0.15, 0.2) is 71.5 Å². The number of amides is 1. The summed E-state index contributed by atoms with van der Waals surface area (Å²) in [5, 5.41) is 10.9. The zero-order valence-corrected chi connectivity index (χ0v) is 19.9. The largest absolute Gasteiger partial charge is 0.399 e. The molecule has 1 amide bonds. The molecule has 0 unspecified atom stereocenters. The van der Waals surface area contributed by atoms with Crippen LogP contribution in [0.2, 0.25) is 0 Å². The van der Waals surface area contributed by atoms with Crippen LogP contribution in [-0.2, 0) is 22.8 Å². The van der Waals surface area contributed by atoms with Crippen molar-refractivity contribution in [2.24, 2.45) is 16.6 Å². The fourth-order valence-corrected chi connectivity index (χ4v) is 4.10. The molecule has 2 aliphatic rings. The standard InChI is InChI=1S/C28H29N5O3/c29-25-7-3-19(4-8-25)17-36-33(15-18-1-2-18)28(35)23-10-22-6-5-21(11-26(22)32-27(30)12-23)24-9-20(16-34)13-31-14-24/h3-11,13-14,18,34H,1-2,12,15-17,29H2,(H2,30,32). The van der Waals surface area contributed by atoms with Gasteiger partial charge in [-0.2, -0.15) is 0 Å². The molecule has 8 nitrogen and oxygen atoms in total. The number of nitrogen functional groups attached to an aromatic ring is 1. The van der Waals surface area contributed by atoms with E-state index in [0.717, 1.165) is 40.7 Å². The first-order chi connectivity index (χ1) is 17.5. The molecule has 1 aliphatic heterocycles. The highest BCUT2D eigenvalue weighted by molar-refractivity contribution is 6.05. The molecule has 2 heterocycles. The van der Waals surface area contributed by atoms with Crippen molar-refractivity contribution in [3.63, 3.8) is 0 Å². The van der Waals surface area contributed by atoms with Crippen LogP contribution in [-0.4, -0.2) is 33.4 Å². The van der Waals surface area contributed by atoms with Gasteiger partial charge in [0.2, 0.25) is 0 Å². The van der Waals surface area contributed by atoms with Crippen LogP contribution in [0.1, 0.15) is 36.0 Å². The Morgan fingerprint density at radius 2 is 1.83 bits per heavy atom. The van der Waals surface area contributed by atoms with Gasteiger partial charge in [0.05, 0.1) is 18.8 Å². The number of hydroxylamine groups is 2. The predicted octanol–water partition coefficient (Wildman–Crippen LogP) is 3.97. The molecule has 1 fully saturated rings. The fraction of sp³-hybridized carbons (Fsp3) is 0.250. The van der Waals surface area contributed by atoms with Crippen molar-refractivity contribution in [2.45, 2.75) is 32.5 Å². The molecule has 0 bridgehead atoms. The molecule has 1 aliphatic carbocycles. The second-order valence-corrected chi connectivity index (χ2v) is 9.29. The summed E-state index contributed by atoms with van der Waals surface area (Å²) in [6.45, 7) is 0.738. The number of aliphatic hydroxyl groups excluding tert-OH is 1. The molecule has 0 atom stereocenters. The Hall–Kier alpha value is -4.01. The van der Waals surface area contributed by atoms with E-state index in [-0.39, 0.29) is 25.5 Å². The number of aliphatic hydroxyl groups is 1. The minimum absolute atomic E-state index is 0.0805. The number of nitrogens with two attached hydrogens (primary N) is 2. The fourth-order valence-electron chi connectivity index (χ4n) is 4.10. The first-order valence-electron chi connectivity index (χ1n) is 12.0. The van der Waals surface area contributed by atoms with Gasteiger partial charge < -0.3 is 16.6 Å². The summed E-state index contributed by atoms with van der Waals surface area (Å²) < 4.78 is 0. The van der Waals surface area contributed by atoms with E-state index in [1.165, 1.54) is 5.06 Å². The van der Waals surface area contributed by atoms with Crippen LogP contribution in [0.25, 0.3) is 17.2 Å². The van der Waals surface area contributed by atoms with E-state index < -0.39 is 0 Å². The van der Waals surface area contributed by atoms with Crippen molar-refractivity contribution < 1.29 is 14.7 Å². The molecular weight excluding hydrogens is 454 g/mol. The van der Waals surface area contributed by atoms with Gasteiger partial charge in [-0.15, -0.1) is 0 Å². The van der Waals surface area contributed by atoms with Gasteiger partial charge in [-0.25, -0.2) is 10.1 Å². The molecule has 36 heavy (non-hydrogen) atoms. The number of anilines is 1. The van der Waals surface area contributed by atoms with Gasteiger partial charge in [0, 0.05) is 41.2 Å². The Kier molecular flexibility index (Phi) is 6.79. The Balaban J connectivity index is 1.39. The zero-order chi connectivity index (χ0) is 25.1. The molecule has 2 aromatic carbocycles. The summed E-state index contributed by atoms with van der Waals surface area (Å²) in [6.07, 6.45) is 7.64. The third-order valence-electron chi connectivity index (χ3n) is 6.30. The highest BCUT2D eigenvalue weighted by Crippen LogP contribution is 2.34. The van der Waals surface area contributed by atoms with E-state index in [0.29, 0.717) is 35.2 Å². The number of hydrogen-bond acceptors (Lipinski definition) is 7. The molecule has 5 N–H and O–H groups in total. The second-order valence-electron chi connectivity index (χ2n) is 9.29. The van der Waals surface area contributed by atoms with Gasteiger partial charge >= 0.3 is 0 Å². The van der Waals surface area contributed by atoms with Crippen molar-refractivity contribution in [1.29, 1.82) is 0 Å². The Labute approximate surface area is 209 Å². The van der Waals surface area contributed by atoms with Crippen molar-refractivity contribution in [2.75, 3.05) is 12.3 Å². The van der Waals surface area contributed by atoms with Crippen molar-refractivity contribution >= 4 is 29.2 Å². The highest BCUT2D eigenvalue weighted by atomic mass is 16.7. The molecule has 1 saturated carbocycles. The second kappa shape index (κ2) is 10.3. The van der Waals surface area contributed by atoms with Crippen LogP contribution in [0.5, 0.6) is 0 Å². The van der Waals surface area contributed by atoms with Crippen molar-refractivity contribution in [3.8, 4) is 11.1 Å². The minimum Gasteiger partial charge on any atom is -0.399 e. The molecule has 8 heteroatoms. The van der Waals surface area contributed by atoms with Gasteiger partial charge in [-0.3, -0.25) is 14.6 Å². The molecule has 184 valence electrons. The summed E-state index contributed by atoms with van der Waals surface area (Å²) >= 11 is 0. The maximum atomic E-state index is 13.6. The number of rotatable bonds is 8. The number of pyridine rings is 1. The van der Waals surface area contributed by atoms with Crippen LogP contribution in [0.4, 0.5) is 11.4 Å². The lowest BCUT2D eigenvalue weighted by Crippen LogP contribution is -2.35. The first kappa shape index (κ1) is 23.7. The van der Waals surface area contributed by atoms with Gasteiger partial charge in [-0.1, -0.05) is 24.3 Å². The van der Waals surface area contributed by atoms with E-state index in [9.17, 15) is 9.90 Å². The van der Waals surface area contributed by atoms with E-state index >= 15 is 0 Å². The quantitative estimate of drug-likeness (QED) is 0.329. The minimum atomic E-state index is -0.202. The predicted molar refractivity (Wildman–Crippen MR) is 140 cm³/mol. The normalized spacial score (nSPS) is 14.9. The van der Waals surface area contributed by atoms with Gasteiger partial charge in [0.15, 0.2) is 0 Å². The molecule has 1 aromatic heterocycles. The number of fused-ring (bicyclic) bond motifs is 1. The summed E-state index contributed by atoms with van der Waals surface area (Å²) in [7, 11) is 0. The Morgan fingerprint density at radius 1 is 1.03 bits per heavy atom. The van der Waals surface area contributed by atoms with E-state index in [1.807, 2.05) is 54.6 Å². The smallest absolute Gasteiger partial charge is 0.273 e. The van der Waals surface area contributed by atoms with Gasteiger partial charge in [-0.05, 0) is 65.8 Å². The number of carbonyl (C=O) groups is 1. The van der Waals surface area contributed by atoms with E-state index in [2.05, 4.69) is 9.98 Å². The Bertz CT molecular complexity index is 1330. The maximum absolute atomic E-state index is 13.6. The number of nitrogens with zero attached hydrogens (tertiary/aromatic N) is 3. The summed E-state index contributed by atoms with van der Waals surface area (Å²) in [5.41, 5.74) is 18.2. The number of carbonyl (C=O) groups excluding carboxylic acids is 1. The molecule has 0 radical (unpaired) electrons. The highest BCUT2D eigenvalue weighted by Gasteiger charge is 2.30. The van der Waals surface area contributed by atoms with Crippen molar-refractivity contribution in [3.05, 3.63) is 83.2 Å². The Morgan fingerprint density at radius 3 is 2.58 bits per heavy atom. The first-order valence-corrected chi connectivity index (χ1v) is 12.0. The monoisotopic (exact) mass is 483 g/mol. The number of aromatic nitrogens is 1. The third kappa shape index (κ3) is 5.62. The molecule has 0 saturated heterocycles. The lowest BCUT2D eigenvalue weighted by Gasteiger charge is -2.23. The maximum Gasteiger partial charge on any atom is 0.273 e. The zero-order valence-electron chi connectivity index (χ0n) is 19.9. The summed E-state index contributed by atoms with van der Waals surface area (Å²) in [6, 6.07) is 15.1. The summed E-state index contributed by atoms with van der Waals surface area (Å²) in [5.74, 6) is 0.612. The van der Waals surface area contributed by atoms with Crippen LogP contribution in [0, 0.1) is 5.92 Å². The van der Waals surface area contributed by atoms with Crippen LogP contribution < -0.4 is 11.5 Å². The molecule has 0 spiro atoms. The van der Waals surface area contributed by atoms with Gasteiger partial charge in [0.25, 0.3) is 5.91 Å².